The minimum absolute atomic E-state index is 0.00227. The Balaban J connectivity index is 2.12. The van der Waals surface area contributed by atoms with E-state index in [1.807, 2.05) is 11.8 Å². The minimum atomic E-state index is 0.00227. The van der Waals surface area contributed by atoms with Gasteiger partial charge in [0.15, 0.2) is 0 Å². The highest BCUT2D eigenvalue weighted by atomic mass is 16.2. The normalized spacial score (nSPS) is 20.7. The van der Waals surface area contributed by atoms with Crippen molar-refractivity contribution in [3.8, 4) is 6.07 Å². The molecule has 1 saturated heterocycles. The van der Waals surface area contributed by atoms with Gasteiger partial charge in [-0.25, -0.2) is 0 Å². The SMILES string of the molecule is CC(N)C1CCCN(C(=O)c2cccc(C#N)c2)C1. The zero-order valence-corrected chi connectivity index (χ0v) is 11.2. The van der Waals surface area contributed by atoms with Gasteiger partial charge in [-0.2, -0.15) is 5.26 Å². The summed E-state index contributed by atoms with van der Waals surface area (Å²) in [6.07, 6.45) is 2.08. The van der Waals surface area contributed by atoms with E-state index in [9.17, 15) is 4.79 Å². The molecule has 4 heteroatoms. The molecule has 1 heterocycles. The summed E-state index contributed by atoms with van der Waals surface area (Å²) in [5, 5.41) is 8.88. The van der Waals surface area contributed by atoms with E-state index in [0.29, 0.717) is 23.6 Å². The number of nitrogens with zero attached hydrogens (tertiary/aromatic N) is 2. The molecule has 2 N–H and O–H groups in total. The number of likely N-dealkylation sites (tertiary alicyclic amines) is 1. The zero-order chi connectivity index (χ0) is 13.8. The molecule has 1 aromatic rings. The van der Waals surface area contributed by atoms with Gasteiger partial charge in [-0.15, -0.1) is 0 Å². The second-order valence-electron chi connectivity index (χ2n) is 5.21. The van der Waals surface area contributed by atoms with Crippen LogP contribution < -0.4 is 5.73 Å². The van der Waals surface area contributed by atoms with Crippen LogP contribution in [0.2, 0.25) is 0 Å². The molecule has 0 radical (unpaired) electrons. The van der Waals surface area contributed by atoms with Crippen LogP contribution in [0.3, 0.4) is 0 Å². The third-order valence-corrected chi connectivity index (χ3v) is 3.73. The molecule has 2 rings (SSSR count). The fraction of sp³-hybridized carbons (Fsp3) is 0.467. The van der Waals surface area contributed by atoms with Gasteiger partial charge in [-0.05, 0) is 43.9 Å². The van der Waals surface area contributed by atoms with Crippen molar-refractivity contribution in [2.75, 3.05) is 13.1 Å². The van der Waals surface area contributed by atoms with E-state index in [2.05, 4.69) is 6.07 Å². The van der Waals surface area contributed by atoms with Gasteiger partial charge in [0.1, 0.15) is 0 Å². The number of nitrogens with two attached hydrogens (primary N) is 1. The second kappa shape index (κ2) is 5.85. The number of rotatable bonds is 2. The largest absolute Gasteiger partial charge is 0.338 e. The third-order valence-electron chi connectivity index (χ3n) is 3.73. The molecule has 100 valence electrons. The average molecular weight is 257 g/mol. The smallest absolute Gasteiger partial charge is 0.253 e. The Morgan fingerprint density at radius 2 is 2.37 bits per heavy atom. The standard InChI is InChI=1S/C15H19N3O/c1-11(17)14-6-3-7-18(10-14)15(19)13-5-2-4-12(8-13)9-16/h2,4-5,8,11,14H,3,6-7,10,17H2,1H3. The number of hydrogen-bond acceptors (Lipinski definition) is 3. The Kier molecular flexibility index (Phi) is 4.18. The molecule has 1 fully saturated rings. The first-order valence-corrected chi connectivity index (χ1v) is 6.67. The van der Waals surface area contributed by atoms with Crippen molar-refractivity contribution in [1.82, 2.24) is 4.90 Å². The monoisotopic (exact) mass is 257 g/mol. The van der Waals surface area contributed by atoms with E-state index in [-0.39, 0.29) is 11.9 Å². The van der Waals surface area contributed by atoms with Crippen LogP contribution in [0.5, 0.6) is 0 Å². The van der Waals surface area contributed by atoms with Gasteiger partial charge >= 0.3 is 0 Å². The van der Waals surface area contributed by atoms with Crippen molar-refractivity contribution < 1.29 is 4.79 Å². The molecule has 2 unspecified atom stereocenters. The molecule has 0 saturated carbocycles. The maximum atomic E-state index is 12.4. The maximum Gasteiger partial charge on any atom is 0.253 e. The molecule has 4 nitrogen and oxygen atoms in total. The summed E-state index contributed by atoms with van der Waals surface area (Å²) in [5.41, 5.74) is 7.04. The second-order valence-corrected chi connectivity index (χ2v) is 5.21. The van der Waals surface area contributed by atoms with E-state index >= 15 is 0 Å². The minimum Gasteiger partial charge on any atom is -0.338 e. The molecular formula is C15H19N3O. The van der Waals surface area contributed by atoms with Crippen LogP contribution in [0.1, 0.15) is 35.7 Å². The molecule has 0 aromatic heterocycles. The van der Waals surface area contributed by atoms with Gasteiger partial charge in [0.05, 0.1) is 11.6 Å². The summed E-state index contributed by atoms with van der Waals surface area (Å²) >= 11 is 0. The number of nitriles is 1. The Labute approximate surface area is 113 Å². The summed E-state index contributed by atoms with van der Waals surface area (Å²) in [4.78, 5) is 14.3. The Bertz CT molecular complexity index is 504. The fourth-order valence-corrected chi connectivity index (χ4v) is 2.53. The van der Waals surface area contributed by atoms with Gasteiger partial charge < -0.3 is 10.6 Å². The molecule has 0 aliphatic carbocycles. The van der Waals surface area contributed by atoms with Crippen molar-refractivity contribution in [1.29, 1.82) is 5.26 Å². The number of hydrogen-bond donors (Lipinski definition) is 1. The van der Waals surface area contributed by atoms with Crippen molar-refractivity contribution >= 4 is 5.91 Å². The van der Waals surface area contributed by atoms with Crippen LogP contribution in [0.15, 0.2) is 24.3 Å². The van der Waals surface area contributed by atoms with Crippen LogP contribution in [-0.2, 0) is 0 Å². The van der Waals surface area contributed by atoms with Crippen molar-refractivity contribution in [2.45, 2.75) is 25.8 Å². The lowest BCUT2D eigenvalue weighted by molar-refractivity contribution is 0.0661. The number of carbonyl (C=O) groups is 1. The van der Waals surface area contributed by atoms with E-state index < -0.39 is 0 Å². The number of benzene rings is 1. The Morgan fingerprint density at radius 1 is 1.58 bits per heavy atom. The van der Waals surface area contributed by atoms with Crippen LogP contribution in [0.4, 0.5) is 0 Å². The quantitative estimate of drug-likeness (QED) is 0.877. The fourth-order valence-electron chi connectivity index (χ4n) is 2.53. The summed E-state index contributed by atoms with van der Waals surface area (Å²) in [6.45, 7) is 3.49. The number of amides is 1. The van der Waals surface area contributed by atoms with Gasteiger partial charge in [0.2, 0.25) is 0 Å². The molecular weight excluding hydrogens is 238 g/mol. The van der Waals surface area contributed by atoms with Crippen LogP contribution in [0.25, 0.3) is 0 Å². The van der Waals surface area contributed by atoms with E-state index in [1.165, 1.54) is 0 Å². The highest BCUT2D eigenvalue weighted by Crippen LogP contribution is 2.20. The van der Waals surface area contributed by atoms with Crippen LogP contribution in [0, 0.1) is 17.2 Å². The summed E-state index contributed by atoms with van der Waals surface area (Å²) < 4.78 is 0. The molecule has 1 aromatic carbocycles. The molecule has 0 spiro atoms. The van der Waals surface area contributed by atoms with Crippen molar-refractivity contribution in [3.63, 3.8) is 0 Å². The number of carbonyl (C=O) groups excluding carboxylic acids is 1. The van der Waals surface area contributed by atoms with Gasteiger partial charge in [-0.3, -0.25) is 4.79 Å². The third kappa shape index (κ3) is 3.12. The molecule has 1 aliphatic heterocycles. The molecule has 1 amide bonds. The summed E-state index contributed by atoms with van der Waals surface area (Å²) in [5.74, 6) is 0.374. The molecule has 2 atom stereocenters. The van der Waals surface area contributed by atoms with Gasteiger partial charge in [0.25, 0.3) is 5.91 Å². The molecule has 19 heavy (non-hydrogen) atoms. The van der Waals surface area contributed by atoms with Crippen LogP contribution >= 0.6 is 0 Å². The first-order valence-electron chi connectivity index (χ1n) is 6.67. The van der Waals surface area contributed by atoms with Gasteiger partial charge in [0, 0.05) is 24.7 Å². The van der Waals surface area contributed by atoms with E-state index in [4.69, 9.17) is 11.0 Å². The lowest BCUT2D eigenvalue weighted by Crippen LogP contribution is -2.45. The average Bonchev–Trinajstić information content (AvgIpc) is 2.46. The van der Waals surface area contributed by atoms with Crippen molar-refractivity contribution in [3.05, 3.63) is 35.4 Å². The molecule has 0 bridgehead atoms. The Hall–Kier alpha value is -1.86. The highest BCUT2D eigenvalue weighted by molar-refractivity contribution is 5.94. The summed E-state index contributed by atoms with van der Waals surface area (Å²) in [7, 11) is 0. The number of piperidine rings is 1. The lowest BCUT2D eigenvalue weighted by Gasteiger charge is -2.34. The first kappa shape index (κ1) is 13.6. The van der Waals surface area contributed by atoms with E-state index in [1.54, 1.807) is 24.3 Å². The summed E-state index contributed by atoms with van der Waals surface area (Å²) in [6, 6.07) is 9.04. The highest BCUT2D eigenvalue weighted by Gasteiger charge is 2.26. The van der Waals surface area contributed by atoms with Crippen LogP contribution in [-0.4, -0.2) is 29.9 Å². The predicted molar refractivity (Wildman–Crippen MR) is 73.4 cm³/mol. The zero-order valence-electron chi connectivity index (χ0n) is 11.2. The van der Waals surface area contributed by atoms with Crippen molar-refractivity contribution in [2.24, 2.45) is 11.7 Å². The topological polar surface area (TPSA) is 70.1 Å². The Morgan fingerprint density at radius 3 is 3.05 bits per heavy atom. The van der Waals surface area contributed by atoms with Gasteiger partial charge in [-0.1, -0.05) is 6.07 Å². The lowest BCUT2D eigenvalue weighted by atomic mass is 9.92. The van der Waals surface area contributed by atoms with E-state index in [0.717, 1.165) is 19.4 Å². The maximum absolute atomic E-state index is 12.4. The first-order chi connectivity index (χ1) is 9.11. The predicted octanol–water partition coefficient (Wildman–Crippen LogP) is 1.76. The molecule has 1 aliphatic rings.